The molecule has 4 rings (SSSR count). The molecule has 1 saturated heterocycles. The number of ether oxygens (including phenoxy) is 1. The maximum Gasteiger partial charge on any atom is 0.254 e. The minimum absolute atomic E-state index is 0.0977. The molecular weight excluding hydrogens is 445 g/mol. The molecule has 2 aromatic carbocycles. The molecule has 2 heterocycles. The van der Waals surface area contributed by atoms with E-state index < -0.39 is 15.7 Å². The molecule has 0 radical (unpaired) electrons. The van der Waals surface area contributed by atoms with Crippen LogP contribution in [0.3, 0.4) is 0 Å². The monoisotopic (exact) mass is 469 g/mol. The molecule has 172 valence electrons. The number of piperazine rings is 1. The number of nitriles is 1. The van der Waals surface area contributed by atoms with Gasteiger partial charge < -0.3 is 14.5 Å². The smallest absolute Gasteiger partial charge is 0.254 e. The Bertz CT molecular complexity index is 1260. The number of anilines is 1. The summed E-state index contributed by atoms with van der Waals surface area (Å²) in [5, 5.41) is 8.93. The number of carbonyl (C=O) groups is 1. The average molecular weight is 470 g/mol. The minimum Gasteiger partial charge on any atom is -0.377 e. The average Bonchev–Trinajstić information content (AvgIpc) is 2.83. The number of amides is 1. The fourth-order valence-corrected chi connectivity index (χ4v) is 4.78. The summed E-state index contributed by atoms with van der Waals surface area (Å²) in [7, 11) is -3.48. The van der Waals surface area contributed by atoms with Gasteiger partial charge in [0.1, 0.15) is 5.82 Å². The van der Waals surface area contributed by atoms with Crippen LogP contribution in [0.4, 0.5) is 10.1 Å². The Morgan fingerprint density at radius 3 is 2.48 bits per heavy atom. The number of benzene rings is 2. The maximum absolute atomic E-state index is 14.4. The molecule has 0 aromatic heterocycles. The van der Waals surface area contributed by atoms with Crippen molar-refractivity contribution < 1.29 is 22.3 Å². The Morgan fingerprint density at radius 1 is 1.12 bits per heavy atom. The summed E-state index contributed by atoms with van der Waals surface area (Å²) in [5.74, 6) is -0.716. The second-order valence-electron chi connectivity index (χ2n) is 8.09. The molecule has 0 saturated carbocycles. The summed E-state index contributed by atoms with van der Waals surface area (Å²) < 4.78 is 44.0. The molecule has 0 N–H and O–H groups in total. The van der Waals surface area contributed by atoms with Crippen molar-refractivity contribution in [3.8, 4) is 6.07 Å². The van der Waals surface area contributed by atoms with E-state index in [2.05, 4.69) is 0 Å². The molecule has 33 heavy (non-hydrogen) atoms. The number of hydrogen-bond acceptors (Lipinski definition) is 6. The summed E-state index contributed by atoms with van der Waals surface area (Å²) in [6, 6.07) is 11.0. The fraction of sp³-hybridized carbons (Fsp3) is 0.333. The van der Waals surface area contributed by atoms with Gasteiger partial charge in [-0.05, 0) is 47.9 Å². The van der Waals surface area contributed by atoms with E-state index in [1.165, 1.54) is 18.2 Å². The first kappa shape index (κ1) is 23.0. The number of hydrogen-bond donors (Lipinski definition) is 0. The van der Waals surface area contributed by atoms with E-state index in [1.54, 1.807) is 23.1 Å². The van der Waals surface area contributed by atoms with Crippen molar-refractivity contribution in [3.63, 3.8) is 0 Å². The molecule has 7 nitrogen and oxygen atoms in total. The van der Waals surface area contributed by atoms with Gasteiger partial charge in [-0.1, -0.05) is 12.1 Å². The van der Waals surface area contributed by atoms with Crippen LogP contribution in [0.15, 0.2) is 47.4 Å². The zero-order valence-electron chi connectivity index (χ0n) is 18.3. The summed E-state index contributed by atoms with van der Waals surface area (Å²) in [5.41, 5.74) is 2.68. The van der Waals surface area contributed by atoms with Crippen LogP contribution in [-0.2, 0) is 14.6 Å². The first-order chi connectivity index (χ1) is 15.8. The molecule has 0 aliphatic carbocycles. The zero-order valence-corrected chi connectivity index (χ0v) is 19.1. The lowest BCUT2D eigenvalue weighted by Crippen LogP contribution is -2.49. The van der Waals surface area contributed by atoms with Gasteiger partial charge in [0.15, 0.2) is 9.84 Å². The highest BCUT2D eigenvalue weighted by Crippen LogP contribution is 2.29. The van der Waals surface area contributed by atoms with Crippen LogP contribution >= 0.6 is 0 Å². The normalized spacial score (nSPS) is 16.8. The highest BCUT2D eigenvalue weighted by atomic mass is 32.2. The van der Waals surface area contributed by atoms with Crippen molar-refractivity contribution in [3.05, 3.63) is 65.0 Å². The summed E-state index contributed by atoms with van der Waals surface area (Å²) in [6.45, 7) is 2.57. The van der Waals surface area contributed by atoms with Crippen molar-refractivity contribution >= 4 is 27.0 Å². The van der Waals surface area contributed by atoms with E-state index in [9.17, 15) is 17.6 Å². The number of nitrogens with zero attached hydrogens (tertiary/aromatic N) is 3. The second kappa shape index (κ2) is 9.33. The first-order valence-corrected chi connectivity index (χ1v) is 12.5. The van der Waals surface area contributed by atoms with Crippen LogP contribution in [0.5, 0.6) is 0 Å². The topological polar surface area (TPSA) is 90.7 Å². The molecule has 0 bridgehead atoms. The minimum atomic E-state index is -3.48. The number of rotatable bonds is 4. The third kappa shape index (κ3) is 4.92. The highest BCUT2D eigenvalue weighted by Gasteiger charge is 2.27. The Labute approximate surface area is 192 Å². The number of halogens is 1. The standard InChI is InChI=1S/C24H24FN3O4S/c1-33(30,31)19-3-4-20(18-6-12-32-13-7-18)21(15-19)24(29)28-10-8-27(9-11-28)23-5-2-17(16-26)14-22(23)25/h2-6,14-15H,7-13H2,1H3. The van der Waals surface area contributed by atoms with E-state index in [4.69, 9.17) is 10.00 Å². The molecular formula is C24H24FN3O4S. The van der Waals surface area contributed by atoms with Gasteiger partial charge >= 0.3 is 0 Å². The maximum atomic E-state index is 14.4. The van der Waals surface area contributed by atoms with E-state index in [1.807, 2.05) is 17.0 Å². The van der Waals surface area contributed by atoms with Crippen LogP contribution in [0.1, 0.15) is 27.9 Å². The van der Waals surface area contributed by atoms with Gasteiger partial charge in [0.25, 0.3) is 5.91 Å². The van der Waals surface area contributed by atoms with Crippen LogP contribution in [0.25, 0.3) is 5.57 Å². The quantitative estimate of drug-likeness (QED) is 0.684. The third-order valence-electron chi connectivity index (χ3n) is 5.94. The summed E-state index contributed by atoms with van der Waals surface area (Å²) in [4.78, 5) is 17.1. The Hall–Kier alpha value is -3.22. The van der Waals surface area contributed by atoms with Crippen LogP contribution in [0.2, 0.25) is 0 Å². The predicted octanol–water partition coefficient (Wildman–Crippen LogP) is 2.87. The number of carbonyl (C=O) groups excluding carboxylic acids is 1. The van der Waals surface area contributed by atoms with E-state index in [-0.39, 0.29) is 16.4 Å². The van der Waals surface area contributed by atoms with Crippen LogP contribution in [-0.4, -0.2) is 64.9 Å². The Morgan fingerprint density at radius 2 is 1.88 bits per heavy atom. The molecule has 2 aliphatic heterocycles. The van der Waals surface area contributed by atoms with Gasteiger partial charge in [-0.3, -0.25) is 4.79 Å². The first-order valence-electron chi connectivity index (χ1n) is 10.6. The second-order valence-corrected chi connectivity index (χ2v) is 10.1. The third-order valence-corrected chi connectivity index (χ3v) is 7.05. The largest absolute Gasteiger partial charge is 0.377 e. The van der Waals surface area contributed by atoms with Gasteiger partial charge in [-0.15, -0.1) is 0 Å². The van der Waals surface area contributed by atoms with Crippen molar-refractivity contribution in [2.24, 2.45) is 0 Å². The lowest BCUT2D eigenvalue weighted by molar-refractivity contribution is 0.0746. The van der Waals surface area contributed by atoms with Crippen molar-refractivity contribution in [2.75, 3.05) is 50.5 Å². The lowest BCUT2D eigenvalue weighted by Gasteiger charge is -2.36. The van der Waals surface area contributed by atoms with Gasteiger partial charge in [0.05, 0.1) is 35.4 Å². The van der Waals surface area contributed by atoms with Crippen LogP contribution < -0.4 is 4.90 Å². The molecule has 0 atom stereocenters. The zero-order chi connectivity index (χ0) is 23.6. The molecule has 9 heteroatoms. The number of sulfone groups is 1. The van der Waals surface area contributed by atoms with Gasteiger partial charge in [0, 0.05) is 38.0 Å². The highest BCUT2D eigenvalue weighted by molar-refractivity contribution is 7.90. The lowest BCUT2D eigenvalue weighted by atomic mass is 9.95. The molecule has 0 spiro atoms. The molecule has 0 unspecified atom stereocenters. The molecule has 1 amide bonds. The van der Waals surface area contributed by atoms with E-state index in [0.717, 1.165) is 17.4 Å². The van der Waals surface area contributed by atoms with Crippen molar-refractivity contribution in [1.29, 1.82) is 5.26 Å². The van der Waals surface area contributed by atoms with Gasteiger partial charge in [-0.2, -0.15) is 5.26 Å². The van der Waals surface area contributed by atoms with E-state index >= 15 is 0 Å². The Balaban J connectivity index is 1.58. The van der Waals surface area contributed by atoms with Gasteiger partial charge in [0.2, 0.25) is 0 Å². The van der Waals surface area contributed by atoms with Crippen LogP contribution in [0, 0.1) is 17.1 Å². The van der Waals surface area contributed by atoms with Crippen molar-refractivity contribution in [2.45, 2.75) is 11.3 Å². The Kier molecular flexibility index (Phi) is 6.49. The summed E-state index contributed by atoms with van der Waals surface area (Å²) in [6.07, 6.45) is 3.68. The predicted molar refractivity (Wildman–Crippen MR) is 122 cm³/mol. The molecule has 2 aliphatic rings. The summed E-state index contributed by atoms with van der Waals surface area (Å²) >= 11 is 0. The fourth-order valence-electron chi connectivity index (χ4n) is 4.14. The molecule has 2 aromatic rings. The van der Waals surface area contributed by atoms with Crippen molar-refractivity contribution in [1.82, 2.24) is 4.90 Å². The van der Waals surface area contributed by atoms with E-state index in [0.29, 0.717) is 57.1 Å². The SMILES string of the molecule is CS(=O)(=O)c1ccc(C2=CCOCC2)c(C(=O)N2CCN(c3ccc(C#N)cc3F)CC2)c1. The molecule has 1 fully saturated rings. The van der Waals surface area contributed by atoms with Gasteiger partial charge in [-0.25, -0.2) is 12.8 Å².